The van der Waals surface area contributed by atoms with Gasteiger partial charge in [-0.15, -0.1) is 5.10 Å². The number of hydrogen-bond donors (Lipinski definition) is 0. The number of tetrazole rings is 1. The van der Waals surface area contributed by atoms with E-state index in [1.165, 1.54) is 0 Å². The molecule has 96 valence electrons. The van der Waals surface area contributed by atoms with E-state index in [0.717, 1.165) is 22.9 Å². The Morgan fingerprint density at radius 2 is 1.89 bits per heavy atom. The van der Waals surface area contributed by atoms with Gasteiger partial charge >= 0.3 is 0 Å². The van der Waals surface area contributed by atoms with Crippen molar-refractivity contribution >= 4 is 0 Å². The number of benzene rings is 1. The smallest absolute Gasteiger partial charge is 0.176 e. The SMILES string of the molecule is Cc1ncn(Cc2nnnn2-c2ccccc2)c1C. The Bertz CT molecular complexity index is 682. The molecule has 0 radical (unpaired) electrons. The van der Waals surface area contributed by atoms with Gasteiger partial charge in [-0.3, -0.25) is 0 Å². The minimum atomic E-state index is 0.606. The summed E-state index contributed by atoms with van der Waals surface area (Å²) < 4.78 is 3.79. The van der Waals surface area contributed by atoms with Crippen molar-refractivity contribution in [3.63, 3.8) is 0 Å². The molecule has 6 nitrogen and oxygen atoms in total. The molecule has 0 fully saturated rings. The Hall–Kier alpha value is -2.50. The number of para-hydroxylation sites is 1. The average molecular weight is 254 g/mol. The molecule has 0 aliphatic heterocycles. The molecule has 0 amide bonds. The molecule has 2 aromatic heterocycles. The lowest BCUT2D eigenvalue weighted by atomic mass is 10.3. The molecule has 0 unspecified atom stereocenters. The number of rotatable bonds is 3. The largest absolute Gasteiger partial charge is 0.327 e. The molecule has 0 N–H and O–H groups in total. The van der Waals surface area contributed by atoms with Crippen molar-refractivity contribution in [2.24, 2.45) is 0 Å². The van der Waals surface area contributed by atoms with Crippen molar-refractivity contribution in [2.75, 3.05) is 0 Å². The van der Waals surface area contributed by atoms with E-state index >= 15 is 0 Å². The zero-order chi connectivity index (χ0) is 13.2. The molecule has 1 aromatic carbocycles. The molecule has 0 atom stereocenters. The molecule has 0 aliphatic carbocycles. The normalized spacial score (nSPS) is 10.8. The molecule has 0 aliphatic rings. The van der Waals surface area contributed by atoms with Crippen molar-refractivity contribution in [2.45, 2.75) is 20.4 Å². The summed E-state index contributed by atoms with van der Waals surface area (Å²) in [6.45, 7) is 4.64. The predicted molar refractivity (Wildman–Crippen MR) is 70.0 cm³/mol. The molecule has 0 bridgehead atoms. The van der Waals surface area contributed by atoms with Crippen LogP contribution in [0, 0.1) is 13.8 Å². The molecule has 3 aromatic rings. The van der Waals surface area contributed by atoms with E-state index < -0.39 is 0 Å². The van der Waals surface area contributed by atoms with Gasteiger partial charge in [-0.2, -0.15) is 4.68 Å². The molecule has 0 saturated carbocycles. The molecular formula is C13H14N6. The van der Waals surface area contributed by atoms with Gasteiger partial charge in [-0.05, 0) is 36.4 Å². The van der Waals surface area contributed by atoms with Crippen molar-refractivity contribution in [1.29, 1.82) is 0 Å². The van der Waals surface area contributed by atoms with Crippen molar-refractivity contribution < 1.29 is 0 Å². The Labute approximate surface area is 110 Å². The van der Waals surface area contributed by atoms with Crippen molar-refractivity contribution in [3.8, 4) is 5.69 Å². The van der Waals surface area contributed by atoms with Crippen LogP contribution in [0.25, 0.3) is 5.69 Å². The lowest BCUT2D eigenvalue weighted by Crippen LogP contribution is -2.09. The first-order valence-corrected chi connectivity index (χ1v) is 6.06. The van der Waals surface area contributed by atoms with E-state index in [0.29, 0.717) is 6.54 Å². The summed E-state index contributed by atoms with van der Waals surface area (Å²) in [7, 11) is 0. The summed E-state index contributed by atoms with van der Waals surface area (Å²) in [6.07, 6.45) is 1.81. The van der Waals surface area contributed by atoms with Gasteiger partial charge in [0.2, 0.25) is 0 Å². The van der Waals surface area contributed by atoms with E-state index in [1.54, 1.807) is 4.68 Å². The second-order valence-electron chi connectivity index (χ2n) is 4.39. The summed E-state index contributed by atoms with van der Waals surface area (Å²) in [5, 5.41) is 11.9. The highest BCUT2D eigenvalue weighted by Gasteiger charge is 2.10. The van der Waals surface area contributed by atoms with Crippen LogP contribution in [0.3, 0.4) is 0 Å². The third kappa shape index (κ3) is 2.12. The number of aromatic nitrogens is 6. The highest BCUT2D eigenvalue weighted by molar-refractivity contribution is 5.30. The number of aryl methyl sites for hydroxylation is 1. The van der Waals surface area contributed by atoms with Gasteiger partial charge in [0.05, 0.1) is 24.3 Å². The van der Waals surface area contributed by atoms with Gasteiger partial charge < -0.3 is 4.57 Å². The fraction of sp³-hybridized carbons (Fsp3) is 0.231. The third-order valence-electron chi connectivity index (χ3n) is 3.19. The van der Waals surface area contributed by atoms with Gasteiger partial charge in [0.25, 0.3) is 0 Å². The van der Waals surface area contributed by atoms with Crippen LogP contribution in [0.15, 0.2) is 36.7 Å². The highest BCUT2D eigenvalue weighted by atomic mass is 15.5. The predicted octanol–water partition coefficient (Wildman–Crippen LogP) is 1.52. The fourth-order valence-corrected chi connectivity index (χ4v) is 1.93. The molecule has 0 saturated heterocycles. The van der Waals surface area contributed by atoms with Crippen LogP contribution in [0.2, 0.25) is 0 Å². The Kier molecular flexibility index (Phi) is 2.83. The highest BCUT2D eigenvalue weighted by Crippen LogP contribution is 2.10. The summed E-state index contributed by atoms with van der Waals surface area (Å²) >= 11 is 0. The summed E-state index contributed by atoms with van der Waals surface area (Å²) in [5.74, 6) is 0.784. The topological polar surface area (TPSA) is 61.4 Å². The lowest BCUT2D eigenvalue weighted by molar-refractivity contribution is 0.686. The van der Waals surface area contributed by atoms with Crippen molar-refractivity contribution in [3.05, 3.63) is 53.9 Å². The van der Waals surface area contributed by atoms with E-state index in [1.807, 2.05) is 55.1 Å². The van der Waals surface area contributed by atoms with Crippen LogP contribution < -0.4 is 0 Å². The minimum absolute atomic E-state index is 0.606. The maximum absolute atomic E-state index is 4.28. The molecule has 2 heterocycles. The summed E-state index contributed by atoms with van der Waals surface area (Å²) in [6, 6.07) is 9.86. The van der Waals surface area contributed by atoms with E-state index in [9.17, 15) is 0 Å². The maximum atomic E-state index is 4.28. The summed E-state index contributed by atoms with van der Waals surface area (Å²) in [5.41, 5.74) is 3.11. The molecular weight excluding hydrogens is 240 g/mol. The van der Waals surface area contributed by atoms with Crippen LogP contribution in [0.5, 0.6) is 0 Å². The summed E-state index contributed by atoms with van der Waals surface area (Å²) in [4.78, 5) is 4.28. The first-order chi connectivity index (χ1) is 9.25. The second kappa shape index (κ2) is 4.64. The first-order valence-electron chi connectivity index (χ1n) is 6.06. The van der Waals surface area contributed by atoms with Crippen LogP contribution in [0.4, 0.5) is 0 Å². The number of nitrogens with zero attached hydrogens (tertiary/aromatic N) is 6. The monoisotopic (exact) mass is 254 g/mol. The van der Waals surface area contributed by atoms with Gasteiger partial charge in [-0.25, -0.2) is 4.98 Å². The molecule has 3 rings (SSSR count). The van der Waals surface area contributed by atoms with E-state index in [-0.39, 0.29) is 0 Å². The average Bonchev–Trinajstić information content (AvgIpc) is 3.02. The first kappa shape index (κ1) is 11.6. The molecule has 0 spiro atoms. The fourth-order valence-electron chi connectivity index (χ4n) is 1.93. The van der Waals surface area contributed by atoms with E-state index in [4.69, 9.17) is 0 Å². The Balaban J connectivity index is 1.95. The van der Waals surface area contributed by atoms with Crippen LogP contribution in [0.1, 0.15) is 17.2 Å². The zero-order valence-electron chi connectivity index (χ0n) is 10.9. The minimum Gasteiger partial charge on any atom is -0.327 e. The third-order valence-corrected chi connectivity index (χ3v) is 3.19. The van der Waals surface area contributed by atoms with Crippen molar-refractivity contribution in [1.82, 2.24) is 29.8 Å². The van der Waals surface area contributed by atoms with Gasteiger partial charge in [0.15, 0.2) is 5.82 Å². The number of hydrogen-bond acceptors (Lipinski definition) is 4. The maximum Gasteiger partial charge on any atom is 0.176 e. The Morgan fingerprint density at radius 1 is 1.11 bits per heavy atom. The Morgan fingerprint density at radius 3 is 2.58 bits per heavy atom. The second-order valence-corrected chi connectivity index (χ2v) is 4.39. The molecule has 6 heteroatoms. The van der Waals surface area contributed by atoms with Gasteiger partial charge in [-0.1, -0.05) is 18.2 Å². The molecule has 19 heavy (non-hydrogen) atoms. The standard InChI is InChI=1S/C13H14N6/c1-10-11(2)18(9-14-10)8-13-15-16-17-19(13)12-6-4-3-5-7-12/h3-7,9H,8H2,1-2H3. The van der Waals surface area contributed by atoms with Gasteiger partial charge in [0, 0.05) is 5.69 Å². The lowest BCUT2D eigenvalue weighted by Gasteiger charge is -2.06. The van der Waals surface area contributed by atoms with Crippen LogP contribution in [-0.4, -0.2) is 29.8 Å². The zero-order valence-corrected chi connectivity index (χ0v) is 10.9. The van der Waals surface area contributed by atoms with E-state index in [2.05, 4.69) is 20.5 Å². The van der Waals surface area contributed by atoms with Gasteiger partial charge in [0.1, 0.15) is 0 Å². The quantitative estimate of drug-likeness (QED) is 0.711. The van der Waals surface area contributed by atoms with Crippen LogP contribution in [-0.2, 0) is 6.54 Å². The number of imidazole rings is 1. The van der Waals surface area contributed by atoms with Crippen LogP contribution >= 0.6 is 0 Å².